The van der Waals surface area contributed by atoms with Gasteiger partial charge in [-0.1, -0.05) is 72.2 Å². The SMILES string of the molecule is CCc1cc(NC(=O)C[N+]23CCC(CC2)C(OC(=O)[C@@](O)(c2ccccc2)c2ccccc2Cl)C3)no1. The van der Waals surface area contributed by atoms with Gasteiger partial charge in [0.25, 0.3) is 5.91 Å². The lowest BCUT2D eigenvalue weighted by Crippen LogP contribution is -2.66. The Hall–Kier alpha value is -3.20. The van der Waals surface area contributed by atoms with Crippen molar-refractivity contribution in [2.75, 3.05) is 31.5 Å². The summed E-state index contributed by atoms with van der Waals surface area (Å²) < 4.78 is 11.8. The Morgan fingerprint density at radius 3 is 2.54 bits per heavy atom. The molecule has 3 aromatic rings. The highest BCUT2D eigenvalue weighted by Gasteiger charge is 2.51. The molecule has 0 radical (unpaired) electrons. The van der Waals surface area contributed by atoms with E-state index in [1.165, 1.54) is 0 Å². The van der Waals surface area contributed by atoms with E-state index in [4.69, 9.17) is 20.9 Å². The standard InChI is InChI=1S/C28H30ClN3O5/c1-2-21-16-25(31-37-21)30-26(33)18-32-14-12-19(13-15-32)24(17-32)36-27(34)28(35,20-8-4-3-5-9-20)22-10-6-7-11-23(22)29/h3-11,16,19,24,35H,2,12-15,17-18H2,1H3/p+1/t19?,24?,28-,32?/m1/s1. The van der Waals surface area contributed by atoms with E-state index >= 15 is 0 Å². The smallest absolute Gasteiger partial charge is 0.348 e. The van der Waals surface area contributed by atoms with Gasteiger partial charge >= 0.3 is 5.97 Å². The fourth-order valence-corrected chi connectivity index (χ4v) is 5.91. The van der Waals surface area contributed by atoms with Crippen molar-refractivity contribution >= 4 is 29.3 Å². The third-order valence-corrected chi connectivity index (χ3v) is 8.03. The van der Waals surface area contributed by atoms with Gasteiger partial charge in [0, 0.05) is 41.8 Å². The van der Waals surface area contributed by atoms with Crippen LogP contribution in [-0.2, 0) is 26.3 Å². The Morgan fingerprint density at radius 1 is 1.16 bits per heavy atom. The number of quaternary nitrogens is 1. The summed E-state index contributed by atoms with van der Waals surface area (Å²) in [5, 5.41) is 18.9. The number of aryl methyl sites for hydroxylation is 1. The van der Waals surface area contributed by atoms with E-state index in [0.29, 0.717) is 34.6 Å². The summed E-state index contributed by atoms with van der Waals surface area (Å²) in [6.07, 6.45) is 1.95. The second kappa shape index (κ2) is 10.3. The third-order valence-electron chi connectivity index (χ3n) is 7.70. The van der Waals surface area contributed by atoms with Crippen molar-refractivity contribution in [2.45, 2.75) is 37.9 Å². The van der Waals surface area contributed by atoms with Crippen molar-refractivity contribution in [1.29, 1.82) is 0 Å². The van der Waals surface area contributed by atoms with Crippen molar-refractivity contribution in [2.24, 2.45) is 5.92 Å². The fourth-order valence-electron chi connectivity index (χ4n) is 5.64. The van der Waals surface area contributed by atoms with E-state index < -0.39 is 17.7 Å². The zero-order chi connectivity index (χ0) is 26.0. The van der Waals surface area contributed by atoms with Gasteiger partial charge in [0.15, 0.2) is 18.5 Å². The fraction of sp³-hybridized carbons (Fsp3) is 0.393. The number of carbonyl (C=O) groups excluding carboxylic acids is 2. The first-order valence-electron chi connectivity index (χ1n) is 12.7. The lowest BCUT2D eigenvalue weighted by atomic mass is 9.82. The number of piperidine rings is 3. The molecule has 3 aliphatic heterocycles. The lowest BCUT2D eigenvalue weighted by molar-refractivity contribution is -0.939. The van der Waals surface area contributed by atoms with Gasteiger partial charge in [0.1, 0.15) is 12.3 Å². The molecule has 3 aliphatic rings. The number of halogens is 1. The van der Waals surface area contributed by atoms with Crippen LogP contribution in [0.2, 0.25) is 5.02 Å². The lowest BCUT2D eigenvalue weighted by Gasteiger charge is -2.51. The first-order chi connectivity index (χ1) is 17.8. The van der Waals surface area contributed by atoms with Gasteiger partial charge < -0.3 is 24.2 Å². The number of carbonyl (C=O) groups is 2. The monoisotopic (exact) mass is 524 g/mol. The van der Waals surface area contributed by atoms with Crippen molar-refractivity contribution in [3.8, 4) is 0 Å². The third kappa shape index (κ3) is 5.01. The summed E-state index contributed by atoms with van der Waals surface area (Å²) in [7, 11) is 0. The molecule has 2 N–H and O–H groups in total. The minimum Gasteiger partial charge on any atom is -0.453 e. The maximum absolute atomic E-state index is 13.7. The predicted molar refractivity (Wildman–Crippen MR) is 138 cm³/mol. The molecular formula is C28H31ClN3O5+. The number of nitrogens with zero attached hydrogens (tertiary/aromatic N) is 2. The van der Waals surface area contributed by atoms with Crippen LogP contribution in [0.3, 0.4) is 0 Å². The van der Waals surface area contributed by atoms with Crippen LogP contribution in [0.4, 0.5) is 5.82 Å². The molecule has 0 spiro atoms. The molecule has 2 aromatic carbocycles. The highest BCUT2D eigenvalue weighted by atomic mass is 35.5. The molecule has 2 atom stereocenters. The number of anilines is 1. The van der Waals surface area contributed by atoms with Crippen LogP contribution < -0.4 is 5.32 Å². The van der Waals surface area contributed by atoms with Crippen LogP contribution in [0.5, 0.6) is 0 Å². The van der Waals surface area contributed by atoms with Gasteiger partial charge in [-0.25, -0.2) is 4.79 Å². The maximum Gasteiger partial charge on any atom is 0.348 e. The highest BCUT2D eigenvalue weighted by Crippen LogP contribution is 2.39. The summed E-state index contributed by atoms with van der Waals surface area (Å²) in [5.74, 6) is 0.377. The number of hydrogen-bond acceptors (Lipinski definition) is 6. The number of esters is 1. The average Bonchev–Trinajstić information content (AvgIpc) is 3.36. The number of benzene rings is 2. The molecule has 1 unspecified atom stereocenters. The van der Waals surface area contributed by atoms with E-state index in [1.54, 1.807) is 54.6 Å². The summed E-state index contributed by atoms with van der Waals surface area (Å²) in [4.78, 5) is 26.6. The second-order valence-corrected chi connectivity index (χ2v) is 10.5. The van der Waals surface area contributed by atoms with Gasteiger partial charge in [0.05, 0.1) is 13.1 Å². The number of amides is 1. The number of hydrogen-bond donors (Lipinski definition) is 2. The Morgan fingerprint density at radius 2 is 1.86 bits per heavy atom. The Kier molecular flexibility index (Phi) is 7.07. The summed E-state index contributed by atoms with van der Waals surface area (Å²) in [5.41, 5.74) is -1.40. The number of fused-ring (bicyclic) bond motifs is 3. The van der Waals surface area contributed by atoms with Crippen LogP contribution in [0, 0.1) is 5.92 Å². The largest absolute Gasteiger partial charge is 0.453 e. The van der Waals surface area contributed by atoms with Crippen LogP contribution in [0.25, 0.3) is 0 Å². The molecule has 2 bridgehead atoms. The van der Waals surface area contributed by atoms with Crippen molar-refractivity contribution in [3.63, 3.8) is 0 Å². The normalized spacial score (nSPS) is 24.3. The number of rotatable bonds is 8. The molecule has 6 rings (SSSR count). The summed E-state index contributed by atoms with van der Waals surface area (Å²) in [6.45, 7) is 4.38. The molecule has 3 saturated heterocycles. The van der Waals surface area contributed by atoms with Gasteiger partial charge in [-0.15, -0.1) is 0 Å². The molecule has 37 heavy (non-hydrogen) atoms. The van der Waals surface area contributed by atoms with Gasteiger partial charge in [-0.3, -0.25) is 4.79 Å². The topological polar surface area (TPSA) is 102 Å². The predicted octanol–water partition coefficient (Wildman–Crippen LogP) is 3.92. The van der Waals surface area contributed by atoms with Gasteiger partial charge in [-0.2, -0.15) is 0 Å². The number of nitrogens with one attached hydrogen (secondary N) is 1. The van der Waals surface area contributed by atoms with Crippen molar-refractivity contribution in [1.82, 2.24) is 5.16 Å². The molecule has 0 saturated carbocycles. The molecule has 8 nitrogen and oxygen atoms in total. The number of ether oxygens (including phenoxy) is 1. The molecular weight excluding hydrogens is 494 g/mol. The quantitative estimate of drug-likeness (QED) is 0.342. The van der Waals surface area contributed by atoms with Crippen LogP contribution in [0.15, 0.2) is 65.2 Å². The summed E-state index contributed by atoms with van der Waals surface area (Å²) in [6, 6.07) is 17.2. The summed E-state index contributed by atoms with van der Waals surface area (Å²) >= 11 is 6.44. The van der Waals surface area contributed by atoms with E-state index in [9.17, 15) is 14.7 Å². The molecule has 9 heteroatoms. The molecule has 3 fully saturated rings. The molecule has 194 valence electrons. The maximum atomic E-state index is 13.7. The molecule has 0 aliphatic carbocycles. The zero-order valence-corrected chi connectivity index (χ0v) is 21.5. The van der Waals surface area contributed by atoms with Crippen LogP contribution in [-0.4, -0.2) is 58.9 Å². The van der Waals surface area contributed by atoms with Crippen LogP contribution in [0.1, 0.15) is 36.7 Å². The van der Waals surface area contributed by atoms with Crippen molar-refractivity contribution in [3.05, 3.63) is 82.6 Å². The minimum atomic E-state index is -2.06. The second-order valence-electron chi connectivity index (χ2n) is 10.0. The number of aromatic nitrogens is 1. The average molecular weight is 525 g/mol. The molecule has 1 amide bonds. The van der Waals surface area contributed by atoms with E-state index in [2.05, 4.69) is 10.5 Å². The highest BCUT2D eigenvalue weighted by molar-refractivity contribution is 6.31. The molecule has 4 heterocycles. The Bertz CT molecular complexity index is 1270. The van der Waals surface area contributed by atoms with E-state index in [-0.39, 0.29) is 29.0 Å². The van der Waals surface area contributed by atoms with Crippen LogP contribution >= 0.6 is 11.6 Å². The first-order valence-corrected chi connectivity index (χ1v) is 13.1. The van der Waals surface area contributed by atoms with Crippen molar-refractivity contribution < 1.29 is 28.4 Å². The van der Waals surface area contributed by atoms with Gasteiger partial charge in [0.2, 0.25) is 5.60 Å². The van der Waals surface area contributed by atoms with E-state index in [0.717, 1.165) is 25.9 Å². The first kappa shape index (κ1) is 25.4. The zero-order valence-electron chi connectivity index (χ0n) is 20.7. The number of aliphatic hydroxyl groups is 1. The minimum absolute atomic E-state index is 0.154. The Labute approximate surface area is 220 Å². The van der Waals surface area contributed by atoms with E-state index in [1.807, 2.05) is 13.0 Å². The van der Waals surface area contributed by atoms with Gasteiger partial charge in [-0.05, 0) is 11.6 Å². The Balaban J connectivity index is 1.34. The molecule has 1 aromatic heterocycles.